The van der Waals surface area contributed by atoms with Crippen molar-refractivity contribution in [3.8, 4) is 5.75 Å². The zero-order chi connectivity index (χ0) is 17.4. The molecule has 0 radical (unpaired) electrons. The summed E-state index contributed by atoms with van der Waals surface area (Å²) in [5.74, 6) is 0.582. The number of hydrazone groups is 1. The Kier molecular flexibility index (Phi) is 6.74. The summed E-state index contributed by atoms with van der Waals surface area (Å²) >= 11 is 1.37. The fourth-order valence-corrected chi connectivity index (χ4v) is 2.61. The number of carbonyl (C=O) groups excluding carboxylic acids is 1. The van der Waals surface area contributed by atoms with E-state index in [1.54, 1.807) is 19.3 Å². The van der Waals surface area contributed by atoms with Gasteiger partial charge in [0.1, 0.15) is 5.75 Å². The van der Waals surface area contributed by atoms with Crippen LogP contribution in [0, 0.1) is 0 Å². The third-order valence-electron chi connectivity index (χ3n) is 2.80. The van der Waals surface area contributed by atoms with Crippen LogP contribution >= 0.6 is 11.3 Å². The topological polar surface area (TPSA) is 72.8 Å². The van der Waals surface area contributed by atoms with Gasteiger partial charge in [0.15, 0.2) is 0 Å². The van der Waals surface area contributed by atoms with Gasteiger partial charge in [-0.25, -0.2) is 4.98 Å². The highest BCUT2D eigenvalue weighted by atomic mass is 32.1. The normalized spacial score (nSPS) is 11.0. The minimum Gasteiger partial charge on any atom is -0.491 e. The number of hydrogen-bond acceptors (Lipinski definition) is 7. The number of ether oxygens (including phenoxy) is 2. The van der Waals surface area contributed by atoms with Crippen LogP contribution in [0.3, 0.4) is 0 Å². The maximum absolute atomic E-state index is 11.4. The molecule has 0 amide bonds. The molecule has 0 saturated heterocycles. The first kappa shape index (κ1) is 17.9. The van der Waals surface area contributed by atoms with E-state index >= 15 is 0 Å². The molecule has 128 valence electrons. The Morgan fingerprint density at radius 2 is 2.12 bits per heavy atom. The molecule has 2 aromatic rings. The highest BCUT2D eigenvalue weighted by Crippen LogP contribution is 2.19. The smallest absolute Gasteiger partial charge is 0.311 e. The molecule has 0 aliphatic rings. The minimum absolute atomic E-state index is 0.153. The molecule has 1 heterocycles. The van der Waals surface area contributed by atoms with Crippen LogP contribution in [-0.4, -0.2) is 29.9 Å². The molecule has 1 aromatic carbocycles. The number of aromatic nitrogens is 1. The SMILES string of the molecule is CCOC(=O)Cc1cnc(N/N=C/c2ccc(OC(C)C)cc2)s1. The Morgan fingerprint density at radius 3 is 2.79 bits per heavy atom. The van der Waals surface area contributed by atoms with E-state index in [-0.39, 0.29) is 18.5 Å². The van der Waals surface area contributed by atoms with Crippen LogP contribution in [0.15, 0.2) is 35.6 Å². The average molecular weight is 347 g/mol. The van der Waals surface area contributed by atoms with Gasteiger partial charge >= 0.3 is 5.97 Å². The predicted octanol–water partition coefficient (Wildman–Crippen LogP) is 3.48. The van der Waals surface area contributed by atoms with Crippen molar-refractivity contribution >= 4 is 28.7 Å². The molecule has 0 atom stereocenters. The molecule has 0 aliphatic carbocycles. The monoisotopic (exact) mass is 347 g/mol. The molecule has 2 rings (SSSR count). The van der Waals surface area contributed by atoms with Crippen LogP contribution in [0.5, 0.6) is 5.75 Å². The van der Waals surface area contributed by atoms with Gasteiger partial charge in [-0.2, -0.15) is 5.10 Å². The van der Waals surface area contributed by atoms with Crippen molar-refractivity contribution in [2.24, 2.45) is 5.10 Å². The Morgan fingerprint density at radius 1 is 1.38 bits per heavy atom. The third-order valence-corrected chi connectivity index (χ3v) is 3.71. The number of benzene rings is 1. The molecule has 24 heavy (non-hydrogen) atoms. The first-order chi connectivity index (χ1) is 11.6. The van der Waals surface area contributed by atoms with E-state index in [2.05, 4.69) is 15.5 Å². The molecule has 0 saturated carbocycles. The molecule has 0 aliphatic heterocycles. The number of carbonyl (C=O) groups is 1. The van der Waals surface area contributed by atoms with Crippen molar-refractivity contribution < 1.29 is 14.3 Å². The predicted molar refractivity (Wildman–Crippen MR) is 95.9 cm³/mol. The molecule has 6 nitrogen and oxygen atoms in total. The number of hydrogen-bond donors (Lipinski definition) is 1. The summed E-state index contributed by atoms with van der Waals surface area (Å²) in [5, 5.41) is 4.78. The lowest BCUT2D eigenvalue weighted by Crippen LogP contribution is -2.06. The second-order valence-corrected chi connectivity index (χ2v) is 6.33. The Labute approximate surface area is 145 Å². The number of nitrogens with zero attached hydrogens (tertiary/aromatic N) is 2. The second-order valence-electron chi connectivity index (χ2n) is 5.22. The van der Waals surface area contributed by atoms with E-state index in [0.29, 0.717) is 11.7 Å². The lowest BCUT2D eigenvalue weighted by atomic mass is 10.2. The van der Waals surface area contributed by atoms with E-state index in [4.69, 9.17) is 9.47 Å². The maximum atomic E-state index is 11.4. The molecule has 0 spiro atoms. The lowest BCUT2D eigenvalue weighted by molar-refractivity contribution is -0.142. The van der Waals surface area contributed by atoms with Gasteiger partial charge in [-0.1, -0.05) is 11.3 Å². The van der Waals surface area contributed by atoms with Crippen LogP contribution in [0.2, 0.25) is 0 Å². The fraction of sp³-hybridized carbons (Fsp3) is 0.353. The molecule has 1 N–H and O–H groups in total. The van der Waals surface area contributed by atoms with Crippen LogP contribution in [0.25, 0.3) is 0 Å². The Hall–Kier alpha value is -2.41. The van der Waals surface area contributed by atoms with Gasteiger partial charge in [-0.05, 0) is 50.6 Å². The summed E-state index contributed by atoms with van der Waals surface area (Å²) in [6.07, 6.45) is 3.73. The third kappa shape index (κ3) is 6.00. The average Bonchev–Trinajstić information content (AvgIpc) is 2.96. The molecular weight excluding hydrogens is 326 g/mol. The van der Waals surface area contributed by atoms with Crippen molar-refractivity contribution in [2.45, 2.75) is 33.3 Å². The maximum Gasteiger partial charge on any atom is 0.311 e. The molecular formula is C17H21N3O3S. The fourth-order valence-electron chi connectivity index (χ4n) is 1.86. The second kappa shape index (κ2) is 9.02. The van der Waals surface area contributed by atoms with Crippen LogP contribution in [0.1, 0.15) is 31.2 Å². The quantitative estimate of drug-likeness (QED) is 0.450. The van der Waals surface area contributed by atoms with Crippen molar-refractivity contribution in [1.29, 1.82) is 0 Å². The van der Waals surface area contributed by atoms with Crippen molar-refractivity contribution in [1.82, 2.24) is 4.98 Å². The molecule has 1 aromatic heterocycles. The summed E-state index contributed by atoms with van der Waals surface area (Å²) in [7, 11) is 0. The Bertz CT molecular complexity index is 681. The van der Waals surface area contributed by atoms with Gasteiger partial charge in [-0.3, -0.25) is 10.2 Å². The van der Waals surface area contributed by atoms with Crippen LogP contribution in [-0.2, 0) is 16.0 Å². The summed E-state index contributed by atoms with van der Waals surface area (Å²) < 4.78 is 10.5. The van der Waals surface area contributed by atoms with Crippen LogP contribution in [0.4, 0.5) is 5.13 Å². The van der Waals surface area contributed by atoms with Crippen molar-refractivity contribution in [3.63, 3.8) is 0 Å². The molecule has 7 heteroatoms. The molecule has 0 unspecified atom stereocenters. The van der Waals surface area contributed by atoms with Gasteiger partial charge in [0.05, 0.1) is 25.3 Å². The van der Waals surface area contributed by atoms with Gasteiger partial charge in [0, 0.05) is 11.1 Å². The molecule has 0 bridgehead atoms. The summed E-state index contributed by atoms with van der Waals surface area (Å²) in [5.41, 5.74) is 3.81. The zero-order valence-electron chi connectivity index (χ0n) is 14.0. The number of esters is 1. The lowest BCUT2D eigenvalue weighted by Gasteiger charge is -2.08. The first-order valence-electron chi connectivity index (χ1n) is 7.73. The van der Waals surface area contributed by atoms with Gasteiger partial charge in [-0.15, -0.1) is 0 Å². The van der Waals surface area contributed by atoms with Gasteiger partial charge in [0.2, 0.25) is 5.13 Å². The van der Waals surface area contributed by atoms with E-state index in [9.17, 15) is 4.79 Å². The van der Waals surface area contributed by atoms with Gasteiger partial charge < -0.3 is 9.47 Å². The largest absolute Gasteiger partial charge is 0.491 e. The summed E-state index contributed by atoms with van der Waals surface area (Å²) in [6, 6.07) is 7.66. The summed E-state index contributed by atoms with van der Waals surface area (Å²) in [6.45, 7) is 6.15. The van der Waals surface area contributed by atoms with E-state index in [1.807, 2.05) is 38.1 Å². The standard InChI is InChI=1S/C17H21N3O3S/c1-4-22-16(21)9-15-11-18-17(24-15)20-19-10-13-5-7-14(8-6-13)23-12(2)3/h5-8,10-12H,4,9H2,1-3H3,(H,18,20)/b19-10+. The number of nitrogens with one attached hydrogen (secondary N) is 1. The van der Waals surface area contributed by atoms with E-state index in [0.717, 1.165) is 16.2 Å². The highest BCUT2D eigenvalue weighted by molar-refractivity contribution is 7.15. The Balaban J connectivity index is 1.85. The highest BCUT2D eigenvalue weighted by Gasteiger charge is 2.07. The molecule has 0 fully saturated rings. The zero-order valence-corrected chi connectivity index (χ0v) is 14.8. The van der Waals surface area contributed by atoms with Crippen LogP contribution < -0.4 is 10.2 Å². The summed E-state index contributed by atoms with van der Waals surface area (Å²) in [4.78, 5) is 16.4. The number of anilines is 1. The van der Waals surface area contributed by atoms with E-state index < -0.39 is 0 Å². The minimum atomic E-state index is -0.250. The first-order valence-corrected chi connectivity index (χ1v) is 8.54. The van der Waals surface area contributed by atoms with Crippen molar-refractivity contribution in [3.05, 3.63) is 40.9 Å². The number of thiazole rings is 1. The van der Waals surface area contributed by atoms with Crippen molar-refractivity contribution in [2.75, 3.05) is 12.0 Å². The van der Waals surface area contributed by atoms with E-state index in [1.165, 1.54) is 11.3 Å². The number of rotatable bonds is 8. The van der Waals surface area contributed by atoms with Gasteiger partial charge in [0.25, 0.3) is 0 Å².